The van der Waals surface area contributed by atoms with E-state index >= 15 is 0 Å². The summed E-state index contributed by atoms with van der Waals surface area (Å²) < 4.78 is 65.3. The number of hydrogen-bond donors (Lipinski definition) is 0. The number of fused-ring (bicyclic) bond motifs is 2. The van der Waals surface area contributed by atoms with Gasteiger partial charge in [-0.3, -0.25) is 0 Å². The van der Waals surface area contributed by atoms with Crippen LogP contribution in [-0.4, -0.2) is 25.9 Å². The van der Waals surface area contributed by atoms with E-state index in [1.165, 1.54) is 12.1 Å². The van der Waals surface area contributed by atoms with Gasteiger partial charge in [-0.05, 0) is 33.7 Å². The SMILES string of the molecule is O=S(=O)([O-])c1cccc2ccccc12.O=S(=O)([O-])c1cccc2ccccc12.[Cd+2]. The van der Waals surface area contributed by atoms with Crippen LogP contribution in [0.15, 0.2) is 94.7 Å². The van der Waals surface area contributed by atoms with Crippen LogP contribution >= 0.6 is 0 Å². The van der Waals surface area contributed by atoms with Crippen LogP contribution in [-0.2, 0) is 47.5 Å². The van der Waals surface area contributed by atoms with Gasteiger partial charge in [-0.25, -0.2) is 16.8 Å². The normalized spacial score (nSPS) is 11.4. The van der Waals surface area contributed by atoms with E-state index in [0.29, 0.717) is 10.8 Å². The maximum Gasteiger partial charge on any atom is 2.00 e. The molecule has 0 saturated heterocycles. The maximum atomic E-state index is 10.9. The molecule has 29 heavy (non-hydrogen) atoms. The Kier molecular flexibility index (Phi) is 7.51. The van der Waals surface area contributed by atoms with E-state index in [-0.39, 0.29) is 37.1 Å². The molecule has 0 aromatic heterocycles. The van der Waals surface area contributed by atoms with Gasteiger partial charge in [0.15, 0.2) is 0 Å². The van der Waals surface area contributed by atoms with E-state index in [2.05, 4.69) is 0 Å². The van der Waals surface area contributed by atoms with Crippen molar-refractivity contribution in [2.24, 2.45) is 0 Å². The smallest absolute Gasteiger partial charge is 0.744 e. The second-order valence-electron chi connectivity index (χ2n) is 5.86. The molecule has 0 aliphatic carbocycles. The van der Waals surface area contributed by atoms with Crippen LogP contribution in [0.1, 0.15) is 0 Å². The van der Waals surface area contributed by atoms with Crippen LogP contribution in [0.3, 0.4) is 0 Å². The van der Waals surface area contributed by atoms with Crippen LogP contribution in [0, 0.1) is 0 Å². The molecule has 6 nitrogen and oxygen atoms in total. The van der Waals surface area contributed by atoms with Gasteiger partial charge in [0, 0.05) is 0 Å². The topological polar surface area (TPSA) is 114 Å². The predicted octanol–water partition coefficient (Wildman–Crippen LogP) is 3.49. The second-order valence-corrected chi connectivity index (χ2v) is 8.56. The molecule has 4 rings (SSSR count). The zero-order valence-corrected chi connectivity index (χ0v) is 20.7. The standard InChI is InChI=1S/2C10H8O3S.Cd/c2*11-14(12,13)10-7-3-5-8-4-1-2-6-9(8)10;/h2*1-7H,(H,11,12,13);/q;;+2/p-2. The first-order valence-electron chi connectivity index (χ1n) is 8.05. The van der Waals surface area contributed by atoms with Crippen LogP contribution in [0.2, 0.25) is 0 Å². The summed E-state index contributed by atoms with van der Waals surface area (Å²) in [6.45, 7) is 0. The number of rotatable bonds is 2. The zero-order valence-electron chi connectivity index (χ0n) is 15.1. The van der Waals surface area contributed by atoms with E-state index in [0.717, 1.165) is 10.8 Å². The minimum absolute atomic E-state index is 0. The molecule has 0 aliphatic rings. The first-order valence-corrected chi connectivity index (χ1v) is 10.9. The van der Waals surface area contributed by atoms with Crippen molar-refractivity contribution in [1.82, 2.24) is 0 Å². The summed E-state index contributed by atoms with van der Waals surface area (Å²) in [6, 6.07) is 23.1. The fourth-order valence-electron chi connectivity index (χ4n) is 2.83. The molecule has 0 atom stereocenters. The van der Waals surface area contributed by atoms with E-state index < -0.39 is 20.2 Å². The van der Waals surface area contributed by atoms with Crippen molar-refractivity contribution >= 4 is 41.8 Å². The van der Waals surface area contributed by atoms with Crippen molar-refractivity contribution in [1.29, 1.82) is 0 Å². The maximum absolute atomic E-state index is 10.9. The molecule has 0 saturated carbocycles. The summed E-state index contributed by atoms with van der Waals surface area (Å²) in [5.74, 6) is 0. The molecule has 0 heterocycles. The Morgan fingerprint density at radius 3 is 1.14 bits per heavy atom. The molecule has 0 radical (unpaired) electrons. The Balaban J connectivity index is 0.000000200. The average molecular weight is 527 g/mol. The molecular formula is C20H14CdO6S2. The molecule has 9 heteroatoms. The summed E-state index contributed by atoms with van der Waals surface area (Å²) in [5, 5.41) is 2.46. The van der Waals surface area contributed by atoms with Gasteiger partial charge >= 0.3 is 27.3 Å². The molecule has 144 valence electrons. The van der Waals surface area contributed by atoms with Crippen molar-refractivity contribution in [3.05, 3.63) is 84.9 Å². The monoisotopic (exact) mass is 528 g/mol. The molecule has 0 amide bonds. The third-order valence-electron chi connectivity index (χ3n) is 4.04. The van der Waals surface area contributed by atoms with Crippen LogP contribution < -0.4 is 0 Å². The molecular weight excluding hydrogens is 513 g/mol. The van der Waals surface area contributed by atoms with Gasteiger partial charge < -0.3 is 9.11 Å². The fourth-order valence-corrected chi connectivity index (χ4v) is 4.23. The molecule has 4 aromatic carbocycles. The van der Waals surface area contributed by atoms with E-state index in [1.807, 2.05) is 0 Å². The Bertz CT molecular complexity index is 1250. The quantitative estimate of drug-likeness (QED) is 0.292. The van der Waals surface area contributed by atoms with Gasteiger partial charge in [-0.15, -0.1) is 0 Å². The van der Waals surface area contributed by atoms with Crippen LogP contribution in [0.4, 0.5) is 0 Å². The van der Waals surface area contributed by atoms with Crippen molar-refractivity contribution in [3.8, 4) is 0 Å². The van der Waals surface area contributed by atoms with E-state index in [9.17, 15) is 25.9 Å². The molecule has 0 bridgehead atoms. The van der Waals surface area contributed by atoms with Gasteiger partial charge in [-0.1, -0.05) is 72.8 Å². The third kappa shape index (κ3) is 5.60. The molecule has 0 fully saturated rings. The largest absolute Gasteiger partial charge is 2.00 e. The number of benzene rings is 4. The van der Waals surface area contributed by atoms with Gasteiger partial charge in [0.1, 0.15) is 20.2 Å². The summed E-state index contributed by atoms with van der Waals surface area (Å²) in [5.41, 5.74) is 0. The first-order chi connectivity index (χ1) is 13.2. The van der Waals surface area contributed by atoms with Crippen molar-refractivity contribution in [2.75, 3.05) is 0 Å². The molecule has 0 N–H and O–H groups in total. The van der Waals surface area contributed by atoms with Crippen LogP contribution in [0.5, 0.6) is 0 Å². The Morgan fingerprint density at radius 2 is 0.793 bits per heavy atom. The Morgan fingerprint density at radius 1 is 0.483 bits per heavy atom. The second kappa shape index (κ2) is 9.30. The summed E-state index contributed by atoms with van der Waals surface area (Å²) in [6.07, 6.45) is 0. The van der Waals surface area contributed by atoms with Crippen LogP contribution in [0.25, 0.3) is 21.5 Å². The molecule has 0 aliphatic heterocycles. The molecule has 0 spiro atoms. The third-order valence-corrected chi connectivity index (χ3v) is 5.83. The first kappa shape index (κ1) is 23.4. The predicted molar refractivity (Wildman–Crippen MR) is 104 cm³/mol. The van der Waals surface area contributed by atoms with E-state index in [4.69, 9.17) is 0 Å². The Labute approximate surface area is 188 Å². The summed E-state index contributed by atoms with van der Waals surface area (Å²) in [4.78, 5) is -0.314. The molecule has 4 aromatic rings. The Hall–Kier alpha value is -1.86. The molecule has 0 unspecified atom stereocenters. The van der Waals surface area contributed by atoms with Crippen molar-refractivity contribution < 1.29 is 53.2 Å². The average Bonchev–Trinajstić information content (AvgIpc) is 2.66. The fraction of sp³-hybridized carbons (Fsp3) is 0. The minimum atomic E-state index is -4.38. The van der Waals surface area contributed by atoms with Gasteiger partial charge in [0.2, 0.25) is 0 Å². The van der Waals surface area contributed by atoms with Gasteiger partial charge in [-0.2, -0.15) is 0 Å². The summed E-state index contributed by atoms with van der Waals surface area (Å²) >= 11 is 0. The minimum Gasteiger partial charge on any atom is -0.744 e. The van der Waals surface area contributed by atoms with Crippen molar-refractivity contribution in [2.45, 2.75) is 9.79 Å². The van der Waals surface area contributed by atoms with Crippen molar-refractivity contribution in [3.63, 3.8) is 0 Å². The number of hydrogen-bond acceptors (Lipinski definition) is 6. The zero-order chi connectivity index (χ0) is 20.4. The summed E-state index contributed by atoms with van der Waals surface area (Å²) in [7, 11) is -8.76. The van der Waals surface area contributed by atoms with E-state index in [1.54, 1.807) is 72.8 Å². The van der Waals surface area contributed by atoms with Gasteiger partial charge in [0.25, 0.3) is 0 Å². The van der Waals surface area contributed by atoms with Gasteiger partial charge in [0.05, 0.1) is 9.79 Å².